The first-order chi connectivity index (χ1) is 11.9. The smallest absolute Gasteiger partial charge is 0.314 e. The highest BCUT2D eigenvalue weighted by Crippen LogP contribution is 2.14. The number of aromatic nitrogens is 4. The maximum absolute atomic E-state index is 12.4. The van der Waals surface area contributed by atoms with Crippen molar-refractivity contribution in [2.24, 2.45) is 0 Å². The Morgan fingerprint density at radius 2 is 1.88 bits per heavy atom. The molecule has 0 aliphatic carbocycles. The third kappa shape index (κ3) is 3.69. The largest absolute Gasteiger partial charge is 0.335 e. The molecule has 2 heterocycles. The fourth-order valence-corrected chi connectivity index (χ4v) is 3.54. The molecule has 0 radical (unpaired) electrons. The summed E-state index contributed by atoms with van der Waals surface area (Å²) in [5.41, 5.74) is -0.998. The van der Waals surface area contributed by atoms with E-state index in [1.807, 2.05) is 17.7 Å². The SMILES string of the molecule is Cc1nccn1CCCNS(=O)(=O)c1ccc2[nH]c(=O)c(=O)[nH]c2c1. The second kappa shape index (κ2) is 6.65. The van der Waals surface area contributed by atoms with E-state index in [0.717, 1.165) is 5.82 Å². The van der Waals surface area contributed by atoms with Crippen LogP contribution in [0.2, 0.25) is 0 Å². The van der Waals surface area contributed by atoms with Crippen molar-refractivity contribution in [3.8, 4) is 0 Å². The van der Waals surface area contributed by atoms with Gasteiger partial charge in [0.05, 0.1) is 15.9 Å². The molecule has 0 bridgehead atoms. The zero-order valence-electron chi connectivity index (χ0n) is 13.4. The fraction of sp³-hybridized carbons (Fsp3) is 0.267. The molecule has 0 saturated heterocycles. The summed E-state index contributed by atoms with van der Waals surface area (Å²) in [4.78, 5) is 31.5. The predicted octanol–water partition coefficient (Wildman–Crippen LogP) is 0.0899. The van der Waals surface area contributed by atoms with Gasteiger partial charge in [0, 0.05) is 25.5 Å². The molecule has 3 N–H and O–H groups in total. The van der Waals surface area contributed by atoms with Crippen molar-refractivity contribution in [1.82, 2.24) is 24.2 Å². The van der Waals surface area contributed by atoms with Crippen molar-refractivity contribution in [3.05, 3.63) is 57.1 Å². The number of aryl methyl sites for hydroxylation is 2. The zero-order chi connectivity index (χ0) is 18.0. The number of H-pyrrole nitrogens is 2. The Kier molecular flexibility index (Phi) is 4.55. The number of rotatable bonds is 6. The summed E-state index contributed by atoms with van der Waals surface area (Å²) in [5.74, 6) is 0.871. The molecule has 2 aromatic heterocycles. The molecule has 0 aliphatic rings. The number of benzene rings is 1. The average molecular weight is 363 g/mol. The first kappa shape index (κ1) is 17.1. The molecule has 10 heteroatoms. The number of imidazole rings is 1. The van der Waals surface area contributed by atoms with Crippen LogP contribution in [-0.2, 0) is 16.6 Å². The number of nitrogens with zero attached hydrogens (tertiary/aromatic N) is 2. The van der Waals surface area contributed by atoms with E-state index in [2.05, 4.69) is 19.7 Å². The second-order valence-corrected chi connectivity index (χ2v) is 7.30. The standard InChI is InChI=1S/C15H17N5O4S/c1-10-16-6-8-20(10)7-2-5-17-25(23,24)11-3-4-12-13(9-11)19-15(22)14(21)18-12/h3-4,6,8-9,17H,2,5,7H2,1H3,(H,18,21)(H,19,22). The molecule has 132 valence electrons. The normalized spacial score (nSPS) is 11.9. The van der Waals surface area contributed by atoms with E-state index in [4.69, 9.17) is 0 Å². The van der Waals surface area contributed by atoms with E-state index in [0.29, 0.717) is 18.5 Å². The molecular weight excluding hydrogens is 346 g/mol. The molecule has 0 fully saturated rings. The van der Waals surface area contributed by atoms with Crippen LogP contribution in [0.1, 0.15) is 12.2 Å². The number of hydrogen-bond donors (Lipinski definition) is 3. The highest BCUT2D eigenvalue weighted by Gasteiger charge is 2.14. The van der Waals surface area contributed by atoms with Gasteiger partial charge in [-0.3, -0.25) is 9.59 Å². The number of sulfonamides is 1. The van der Waals surface area contributed by atoms with Gasteiger partial charge in [-0.1, -0.05) is 0 Å². The second-order valence-electron chi connectivity index (χ2n) is 5.53. The van der Waals surface area contributed by atoms with Gasteiger partial charge in [-0.05, 0) is 31.5 Å². The first-order valence-electron chi connectivity index (χ1n) is 7.60. The lowest BCUT2D eigenvalue weighted by Crippen LogP contribution is -2.29. The topological polar surface area (TPSA) is 130 Å². The van der Waals surface area contributed by atoms with Crippen molar-refractivity contribution in [2.75, 3.05) is 6.54 Å². The number of hydrogen-bond acceptors (Lipinski definition) is 5. The van der Waals surface area contributed by atoms with Gasteiger partial charge in [0.2, 0.25) is 10.0 Å². The zero-order valence-corrected chi connectivity index (χ0v) is 14.3. The minimum Gasteiger partial charge on any atom is -0.335 e. The Hall–Kier alpha value is -2.72. The molecule has 0 atom stereocenters. The van der Waals surface area contributed by atoms with Crippen LogP contribution < -0.4 is 15.8 Å². The van der Waals surface area contributed by atoms with E-state index in [1.165, 1.54) is 18.2 Å². The Morgan fingerprint density at radius 1 is 1.16 bits per heavy atom. The van der Waals surface area contributed by atoms with Crippen LogP contribution in [0.15, 0.2) is 45.1 Å². The van der Waals surface area contributed by atoms with Crippen LogP contribution in [0.4, 0.5) is 0 Å². The summed E-state index contributed by atoms with van der Waals surface area (Å²) < 4.78 is 29.2. The van der Waals surface area contributed by atoms with Crippen molar-refractivity contribution < 1.29 is 8.42 Å². The lowest BCUT2D eigenvalue weighted by molar-refractivity contribution is 0.567. The monoisotopic (exact) mass is 363 g/mol. The van der Waals surface area contributed by atoms with Gasteiger partial charge in [0.15, 0.2) is 0 Å². The van der Waals surface area contributed by atoms with Gasteiger partial charge in [-0.25, -0.2) is 18.1 Å². The Balaban J connectivity index is 1.72. The summed E-state index contributed by atoms with van der Waals surface area (Å²) in [6.45, 7) is 2.80. The third-order valence-corrected chi connectivity index (χ3v) is 5.25. The number of nitrogens with one attached hydrogen (secondary N) is 3. The summed E-state index contributed by atoms with van der Waals surface area (Å²) >= 11 is 0. The molecule has 1 aromatic carbocycles. The van der Waals surface area contributed by atoms with Crippen molar-refractivity contribution in [3.63, 3.8) is 0 Å². The first-order valence-corrected chi connectivity index (χ1v) is 9.09. The Bertz CT molecular complexity index is 1130. The van der Waals surface area contributed by atoms with E-state index < -0.39 is 21.1 Å². The molecule has 0 amide bonds. The van der Waals surface area contributed by atoms with Crippen LogP contribution in [-0.4, -0.2) is 34.5 Å². The maximum atomic E-state index is 12.4. The summed E-state index contributed by atoms with van der Waals surface area (Å²) in [7, 11) is -3.71. The van der Waals surface area contributed by atoms with E-state index in [-0.39, 0.29) is 17.0 Å². The van der Waals surface area contributed by atoms with Gasteiger partial charge in [0.25, 0.3) is 0 Å². The van der Waals surface area contributed by atoms with Gasteiger partial charge < -0.3 is 14.5 Å². The lowest BCUT2D eigenvalue weighted by atomic mass is 10.3. The molecule has 3 rings (SSSR count). The van der Waals surface area contributed by atoms with Crippen molar-refractivity contribution >= 4 is 21.1 Å². The highest BCUT2D eigenvalue weighted by molar-refractivity contribution is 7.89. The molecule has 9 nitrogen and oxygen atoms in total. The predicted molar refractivity (Wildman–Crippen MR) is 92.0 cm³/mol. The Morgan fingerprint density at radius 3 is 2.56 bits per heavy atom. The Labute approximate surface area is 142 Å². The van der Waals surface area contributed by atoms with Crippen LogP contribution in [0, 0.1) is 6.92 Å². The maximum Gasteiger partial charge on any atom is 0.314 e. The molecule has 0 saturated carbocycles. The van der Waals surface area contributed by atoms with Gasteiger partial charge in [-0.2, -0.15) is 0 Å². The molecule has 0 spiro atoms. The minimum atomic E-state index is -3.71. The lowest BCUT2D eigenvalue weighted by Gasteiger charge is -2.08. The summed E-state index contributed by atoms with van der Waals surface area (Å²) in [5, 5.41) is 0. The van der Waals surface area contributed by atoms with Gasteiger partial charge in [-0.15, -0.1) is 0 Å². The van der Waals surface area contributed by atoms with E-state index >= 15 is 0 Å². The van der Waals surface area contributed by atoms with Crippen LogP contribution >= 0.6 is 0 Å². The molecule has 25 heavy (non-hydrogen) atoms. The van der Waals surface area contributed by atoms with Crippen LogP contribution in [0.25, 0.3) is 11.0 Å². The minimum absolute atomic E-state index is 0.0153. The molecule has 0 unspecified atom stereocenters. The highest BCUT2D eigenvalue weighted by atomic mass is 32.2. The molecular formula is C15H17N5O4S. The number of fused-ring (bicyclic) bond motifs is 1. The average Bonchev–Trinajstić information content (AvgIpc) is 2.97. The summed E-state index contributed by atoms with van der Waals surface area (Å²) in [6.07, 6.45) is 4.14. The number of aromatic amines is 2. The quantitative estimate of drug-likeness (QED) is 0.422. The van der Waals surface area contributed by atoms with Crippen LogP contribution in [0.5, 0.6) is 0 Å². The summed E-state index contributed by atoms with van der Waals surface area (Å²) in [6, 6.07) is 4.13. The fourth-order valence-electron chi connectivity index (χ4n) is 2.44. The third-order valence-electron chi connectivity index (χ3n) is 3.80. The van der Waals surface area contributed by atoms with Crippen molar-refractivity contribution in [2.45, 2.75) is 24.8 Å². The molecule has 0 aliphatic heterocycles. The van der Waals surface area contributed by atoms with E-state index in [9.17, 15) is 18.0 Å². The molecule has 3 aromatic rings. The van der Waals surface area contributed by atoms with Gasteiger partial charge in [0.1, 0.15) is 5.82 Å². The van der Waals surface area contributed by atoms with Crippen molar-refractivity contribution in [1.29, 1.82) is 0 Å². The van der Waals surface area contributed by atoms with E-state index in [1.54, 1.807) is 6.20 Å². The van der Waals surface area contributed by atoms with Crippen LogP contribution in [0.3, 0.4) is 0 Å². The van der Waals surface area contributed by atoms with Gasteiger partial charge >= 0.3 is 11.1 Å².